The first-order chi connectivity index (χ1) is 20.8. The van der Waals surface area contributed by atoms with Crippen LogP contribution in [-0.2, 0) is 20.9 Å². The van der Waals surface area contributed by atoms with Crippen molar-refractivity contribution >= 4 is 5.97 Å². The molecule has 5 aliphatic carbocycles. The zero-order chi connectivity index (χ0) is 31.7. The van der Waals surface area contributed by atoms with Gasteiger partial charge in [0.15, 0.2) is 6.79 Å². The van der Waals surface area contributed by atoms with E-state index in [9.17, 15) is 20.1 Å². The van der Waals surface area contributed by atoms with Crippen LogP contribution in [0.15, 0.2) is 42.0 Å². The first-order valence-corrected chi connectivity index (χ1v) is 17.2. The molecule has 6 rings (SSSR count). The maximum Gasteiger partial charge on any atom is 0.314 e. The van der Waals surface area contributed by atoms with Gasteiger partial charge in [-0.15, -0.1) is 0 Å². The van der Waals surface area contributed by atoms with E-state index in [1.54, 1.807) is 0 Å². The Balaban J connectivity index is 1.31. The Hall–Kier alpha value is -1.73. The van der Waals surface area contributed by atoms with E-state index in [4.69, 9.17) is 9.47 Å². The second kappa shape index (κ2) is 11.2. The Bertz CT molecular complexity index is 1260. The van der Waals surface area contributed by atoms with Crippen molar-refractivity contribution in [3.8, 4) is 0 Å². The van der Waals surface area contributed by atoms with Crippen molar-refractivity contribution in [1.29, 1.82) is 0 Å². The molecule has 0 radical (unpaired) electrons. The highest BCUT2D eigenvalue weighted by Crippen LogP contribution is 2.75. The quantitative estimate of drug-likeness (QED) is 0.145. The van der Waals surface area contributed by atoms with Crippen LogP contribution in [-0.4, -0.2) is 46.9 Å². The summed E-state index contributed by atoms with van der Waals surface area (Å²) < 4.78 is 11.8. The van der Waals surface area contributed by atoms with Crippen LogP contribution in [0.2, 0.25) is 0 Å². The molecular weight excluding hydrogens is 552 g/mol. The molecule has 6 heteroatoms. The van der Waals surface area contributed by atoms with Crippen molar-refractivity contribution in [1.82, 2.24) is 0 Å². The van der Waals surface area contributed by atoms with Crippen LogP contribution >= 0.6 is 0 Å². The number of fused-ring (bicyclic) bond motifs is 7. The van der Waals surface area contributed by atoms with Crippen LogP contribution in [0, 0.1) is 56.7 Å². The third-order valence-corrected chi connectivity index (χ3v) is 14.9. The first kappa shape index (κ1) is 32.2. The minimum absolute atomic E-state index is 0.0179. The SMILES string of the molecule is C[C@@H]1CCC2(C(=O)OCOCc3ccccc3)CC[C@]3(C)C(=CCC4[C@@]5(C)CC(O)C(O)[C@@](C)(CO)C5CC[C@]43C)C2[C@H]1C. The number of ether oxygens (including phenoxy) is 2. The third kappa shape index (κ3) is 4.44. The standard InChI is InChI=1S/C38H56O6/c1-24-14-17-38(33(42)44-23-43-21-26-10-8-7-9-11-26)19-18-36(5)27(31(38)25(24)2)12-13-30-34(3)20-28(40)32(41)35(4,22-39)29(34)15-16-37(30,36)6/h7-12,24-25,28-32,39-41H,13-23H2,1-6H3/t24-,25+,28?,29?,30?,31?,32?,34+,35+,36-,37-,38?/m1/s1. The molecule has 0 amide bonds. The molecule has 0 spiro atoms. The number of rotatable bonds is 6. The Kier molecular flexibility index (Phi) is 8.21. The molecule has 6 nitrogen and oxygen atoms in total. The smallest absolute Gasteiger partial charge is 0.314 e. The summed E-state index contributed by atoms with van der Waals surface area (Å²) in [5.74, 6) is 1.39. The predicted octanol–water partition coefficient (Wildman–Crippen LogP) is 6.67. The fourth-order valence-corrected chi connectivity index (χ4v) is 12.0. The lowest BCUT2D eigenvalue weighted by Crippen LogP contribution is -2.68. The minimum atomic E-state index is -0.914. The van der Waals surface area contributed by atoms with Gasteiger partial charge in [0.25, 0.3) is 0 Å². The number of hydrogen-bond acceptors (Lipinski definition) is 6. The molecule has 1 aromatic rings. The lowest BCUT2D eigenvalue weighted by molar-refractivity contribution is -0.244. The van der Waals surface area contributed by atoms with E-state index < -0.39 is 23.0 Å². The second-order valence-corrected chi connectivity index (χ2v) is 16.6. The van der Waals surface area contributed by atoms with Crippen LogP contribution in [0.4, 0.5) is 0 Å². The van der Waals surface area contributed by atoms with E-state index in [0.29, 0.717) is 30.8 Å². The zero-order valence-corrected chi connectivity index (χ0v) is 27.9. The number of allylic oxidation sites excluding steroid dienone is 2. The normalized spacial score (nSPS) is 48.2. The monoisotopic (exact) mass is 608 g/mol. The Morgan fingerprint density at radius 3 is 2.39 bits per heavy atom. The van der Waals surface area contributed by atoms with Gasteiger partial charge in [-0.1, -0.05) is 83.5 Å². The van der Waals surface area contributed by atoms with Gasteiger partial charge in [0.2, 0.25) is 0 Å². The van der Waals surface area contributed by atoms with Gasteiger partial charge in [0, 0.05) is 5.41 Å². The van der Waals surface area contributed by atoms with E-state index >= 15 is 0 Å². The summed E-state index contributed by atoms with van der Waals surface area (Å²) in [6, 6.07) is 9.98. The van der Waals surface area contributed by atoms with Gasteiger partial charge in [0.1, 0.15) is 0 Å². The summed E-state index contributed by atoms with van der Waals surface area (Å²) in [7, 11) is 0. The summed E-state index contributed by atoms with van der Waals surface area (Å²) in [5, 5.41) is 32.8. The molecule has 0 aromatic heterocycles. The van der Waals surface area contributed by atoms with E-state index in [0.717, 1.165) is 50.5 Å². The van der Waals surface area contributed by atoms with Crippen LogP contribution in [0.1, 0.15) is 98.5 Å². The van der Waals surface area contributed by atoms with Gasteiger partial charge < -0.3 is 24.8 Å². The van der Waals surface area contributed by atoms with Crippen LogP contribution in [0.3, 0.4) is 0 Å². The predicted molar refractivity (Wildman–Crippen MR) is 170 cm³/mol. The number of esters is 1. The molecule has 4 fully saturated rings. The molecule has 0 aliphatic heterocycles. The summed E-state index contributed by atoms with van der Waals surface area (Å²) in [4.78, 5) is 14.2. The molecule has 44 heavy (non-hydrogen) atoms. The van der Waals surface area contributed by atoms with Gasteiger partial charge in [0.05, 0.1) is 30.8 Å². The number of hydrogen-bond donors (Lipinski definition) is 3. The topological polar surface area (TPSA) is 96.2 Å². The highest BCUT2D eigenvalue weighted by atomic mass is 16.7. The molecule has 1 aromatic carbocycles. The number of carbonyl (C=O) groups excluding carboxylic acids is 1. The average Bonchev–Trinajstić information content (AvgIpc) is 3.00. The number of carbonyl (C=O) groups is 1. The van der Waals surface area contributed by atoms with Gasteiger partial charge >= 0.3 is 5.97 Å². The number of aliphatic hydroxyl groups excluding tert-OH is 3. The van der Waals surface area contributed by atoms with E-state index in [1.165, 1.54) is 5.57 Å². The zero-order valence-electron chi connectivity index (χ0n) is 27.9. The van der Waals surface area contributed by atoms with Crippen LogP contribution < -0.4 is 0 Å². The first-order valence-electron chi connectivity index (χ1n) is 17.2. The average molecular weight is 609 g/mol. The van der Waals surface area contributed by atoms with Crippen molar-refractivity contribution in [2.75, 3.05) is 13.4 Å². The van der Waals surface area contributed by atoms with Gasteiger partial charge in [-0.05, 0) is 103 Å². The maximum atomic E-state index is 14.2. The fourth-order valence-electron chi connectivity index (χ4n) is 12.0. The summed E-state index contributed by atoms with van der Waals surface area (Å²) in [6.45, 7) is 14.2. The summed E-state index contributed by atoms with van der Waals surface area (Å²) >= 11 is 0. The number of benzene rings is 1. The maximum absolute atomic E-state index is 14.2. The van der Waals surface area contributed by atoms with E-state index in [2.05, 4.69) is 40.7 Å². The molecule has 4 saturated carbocycles. The number of aliphatic hydroxyl groups is 3. The highest BCUT2D eigenvalue weighted by molar-refractivity contribution is 5.78. The van der Waals surface area contributed by atoms with Crippen molar-refractivity contribution in [3.63, 3.8) is 0 Å². The lowest BCUT2D eigenvalue weighted by atomic mass is 9.33. The van der Waals surface area contributed by atoms with Crippen molar-refractivity contribution in [2.45, 2.75) is 112 Å². The Morgan fingerprint density at radius 2 is 1.68 bits per heavy atom. The molecule has 5 aliphatic rings. The molecule has 6 unspecified atom stereocenters. The minimum Gasteiger partial charge on any atom is -0.438 e. The highest BCUT2D eigenvalue weighted by Gasteiger charge is 2.70. The van der Waals surface area contributed by atoms with Crippen molar-refractivity contribution < 1.29 is 29.6 Å². The second-order valence-electron chi connectivity index (χ2n) is 16.6. The van der Waals surface area contributed by atoms with Gasteiger partial charge in [-0.25, -0.2) is 0 Å². The van der Waals surface area contributed by atoms with Crippen LogP contribution in [0.5, 0.6) is 0 Å². The molecule has 3 N–H and O–H groups in total. The molecular formula is C38H56O6. The van der Waals surface area contributed by atoms with Gasteiger partial charge in [-0.3, -0.25) is 4.79 Å². The third-order valence-electron chi connectivity index (χ3n) is 14.9. The summed E-state index contributed by atoms with van der Waals surface area (Å²) in [5.41, 5.74) is 0.972. The van der Waals surface area contributed by atoms with Gasteiger partial charge in [-0.2, -0.15) is 0 Å². The molecule has 0 saturated heterocycles. The van der Waals surface area contributed by atoms with E-state index in [1.807, 2.05) is 37.3 Å². The largest absolute Gasteiger partial charge is 0.438 e. The fraction of sp³-hybridized carbons (Fsp3) is 0.763. The molecule has 12 atom stereocenters. The van der Waals surface area contributed by atoms with Crippen molar-refractivity contribution in [2.24, 2.45) is 56.7 Å². The molecule has 244 valence electrons. The van der Waals surface area contributed by atoms with Crippen molar-refractivity contribution in [3.05, 3.63) is 47.5 Å². The summed E-state index contributed by atoms with van der Waals surface area (Å²) in [6.07, 6.45) is 7.79. The molecule has 0 bridgehead atoms. The molecule has 0 heterocycles. The van der Waals surface area contributed by atoms with E-state index in [-0.39, 0.29) is 47.4 Å². The lowest BCUT2D eigenvalue weighted by Gasteiger charge is -2.71. The Morgan fingerprint density at radius 1 is 0.955 bits per heavy atom. The Labute approximate surface area is 264 Å². The van der Waals surface area contributed by atoms with Crippen LogP contribution in [0.25, 0.3) is 0 Å².